The summed E-state index contributed by atoms with van der Waals surface area (Å²) in [5, 5.41) is 1.89. The molecule has 2 aromatic carbocycles. The number of rotatable bonds is 5. The highest BCUT2D eigenvalue weighted by Crippen LogP contribution is 2.41. The molecule has 0 aliphatic carbocycles. The highest BCUT2D eigenvalue weighted by atomic mass is 32.2. The van der Waals surface area contributed by atoms with Crippen molar-refractivity contribution in [2.75, 3.05) is 35.0 Å². The highest BCUT2D eigenvalue weighted by Gasteiger charge is 2.40. The summed E-state index contributed by atoms with van der Waals surface area (Å²) in [4.78, 5) is 39.3. The average molecular weight is 652 g/mol. The largest absolute Gasteiger partial charge is 0.418 e. The third-order valence-electron chi connectivity index (χ3n) is 6.44. The summed E-state index contributed by atoms with van der Waals surface area (Å²) < 4.78 is 96.2. The van der Waals surface area contributed by atoms with Crippen LogP contribution >= 0.6 is 11.8 Å². The number of carbonyl (C=O) groups is 2. The average Bonchev–Trinajstić information content (AvgIpc) is 3.60. The van der Waals surface area contributed by atoms with Crippen LogP contribution in [0.25, 0.3) is 17.1 Å². The van der Waals surface area contributed by atoms with Crippen molar-refractivity contribution in [2.45, 2.75) is 12.4 Å². The van der Waals surface area contributed by atoms with Gasteiger partial charge in [0.15, 0.2) is 5.17 Å². The van der Waals surface area contributed by atoms with Gasteiger partial charge in [-0.3, -0.25) is 14.3 Å². The van der Waals surface area contributed by atoms with Crippen LogP contribution in [0.4, 0.5) is 52.6 Å². The van der Waals surface area contributed by atoms with Crippen LogP contribution in [-0.2, 0) is 17.1 Å². The first-order valence-electron chi connectivity index (χ1n) is 12.7. The van der Waals surface area contributed by atoms with Crippen LogP contribution in [0.1, 0.15) is 11.1 Å². The molecule has 4 aromatic rings. The van der Waals surface area contributed by atoms with Crippen LogP contribution in [0.2, 0.25) is 0 Å². The number of urea groups is 1. The number of aliphatic imine (C=N–C) groups is 1. The first-order chi connectivity index (χ1) is 21.1. The van der Waals surface area contributed by atoms with E-state index < -0.39 is 46.9 Å². The lowest BCUT2D eigenvalue weighted by Gasteiger charge is -2.23. The van der Waals surface area contributed by atoms with Crippen LogP contribution in [0, 0.1) is 5.82 Å². The third kappa shape index (κ3) is 6.77. The number of nitrogens with one attached hydrogen (secondary N) is 1. The second kappa shape index (κ2) is 11.9. The molecular weight excluding hydrogens is 631 g/mol. The van der Waals surface area contributed by atoms with Gasteiger partial charge in [0.25, 0.3) is 0 Å². The molecule has 9 nitrogen and oxygen atoms in total. The monoisotopic (exact) mass is 651 g/mol. The number of imidazole rings is 1. The Morgan fingerprint density at radius 2 is 1.76 bits per heavy atom. The Morgan fingerprint density at radius 3 is 2.38 bits per heavy atom. The summed E-state index contributed by atoms with van der Waals surface area (Å²) in [7, 11) is 3.22. The van der Waals surface area contributed by atoms with Gasteiger partial charge in [0, 0.05) is 37.7 Å². The summed E-state index contributed by atoms with van der Waals surface area (Å²) in [5.41, 5.74) is -1.98. The molecule has 1 N–H and O–H groups in total. The van der Waals surface area contributed by atoms with Gasteiger partial charge >= 0.3 is 18.4 Å². The molecule has 1 saturated heterocycles. The van der Waals surface area contributed by atoms with E-state index in [2.05, 4.69) is 20.3 Å². The number of amides is 3. The molecular formula is C28H20F7N7O2S. The van der Waals surface area contributed by atoms with E-state index in [4.69, 9.17) is 0 Å². The molecule has 5 rings (SSSR count). The number of anilines is 3. The van der Waals surface area contributed by atoms with Crippen molar-refractivity contribution in [2.24, 2.45) is 4.99 Å². The van der Waals surface area contributed by atoms with Crippen LogP contribution in [0.15, 0.2) is 72.2 Å². The number of alkyl halides is 6. The number of pyridine rings is 1. The van der Waals surface area contributed by atoms with E-state index in [1.54, 1.807) is 19.0 Å². The molecule has 1 aliphatic heterocycles. The molecule has 1 fully saturated rings. The standard InChI is InChI=1S/C28H20F7N7O2S/c1-40(2)17-5-6-18(28(33,34)35)22(10-17)42-24(43)13-45-26(42)39-25(44)38-20-7-3-15(9-19(20)29)21-12-41(14-37-21)23-8-4-16(11-36-23)27(30,31)32/h3-12,14H,13H2,1-2H3,(H,38,44). The van der Waals surface area contributed by atoms with Gasteiger partial charge in [-0.05, 0) is 42.5 Å². The number of aromatic nitrogens is 3. The van der Waals surface area contributed by atoms with E-state index in [9.17, 15) is 40.3 Å². The maximum Gasteiger partial charge on any atom is 0.418 e. The molecule has 3 heterocycles. The van der Waals surface area contributed by atoms with Crippen molar-refractivity contribution in [3.8, 4) is 17.1 Å². The van der Waals surface area contributed by atoms with Gasteiger partial charge in [-0.2, -0.15) is 31.3 Å². The van der Waals surface area contributed by atoms with Crippen molar-refractivity contribution >= 4 is 45.9 Å². The molecule has 0 saturated carbocycles. The van der Waals surface area contributed by atoms with Gasteiger partial charge in [-0.15, -0.1) is 0 Å². The van der Waals surface area contributed by atoms with E-state index in [-0.39, 0.29) is 33.7 Å². The van der Waals surface area contributed by atoms with Gasteiger partial charge in [0.1, 0.15) is 18.0 Å². The predicted molar refractivity (Wildman–Crippen MR) is 154 cm³/mol. The van der Waals surface area contributed by atoms with Crippen molar-refractivity contribution in [3.63, 3.8) is 0 Å². The van der Waals surface area contributed by atoms with Crippen molar-refractivity contribution in [3.05, 3.63) is 84.2 Å². The molecule has 17 heteroatoms. The minimum absolute atomic E-state index is 0.137. The molecule has 0 unspecified atom stereocenters. The van der Waals surface area contributed by atoms with E-state index in [0.29, 0.717) is 16.8 Å². The Bertz CT molecular complexity index is 1800. The SMILES string of the molecule is CN(C)c1ccc(C(F)(F)F)c(N2C(=O)CSC2=NC(=O)Nc2ccc(-c3cn(-c4ccc(C(F)(F)F)cn4)cn3)cc2F)c1. The summed E-state index contributed by atoms with van der Waals surface area (Å²) in [5.74, 6) is -1.77. The van der Waals surface area contributed by atoms with E-state index in [1.807, 2.05) is 0 Å². The molecule has 1 aliphatic rings. The number of hydrogen-bond donors (Lipinski definition) is 1. The summed E-state index contributed by atoms with van der Waals surface area (Å²) in [6.45, 7) is 0. The Hall–Kier alpha value is -4.93. The number of nitrogens with zero attached hydrogens (tertiary/aromatic N) is 6. The zero-order valence-electron chi connectivity index (χ0n) is 23.1. The van der Waals surface area contributed by atoms with Crippen LogP contribution in [0.3, 0.4) is 0 Å². The molecule has 45 heavy (non-hydrogen) atoms. The minimum Gasteiger partial charge on any atom is -0.378 e. The molecule has 0 radical (unpaired) electrons. The number of carbonyl (C=O) groups excluding carboxylic acids is 2. The first kappa shape index (κ1) is 31.5. The number of amidine groups is 1. The molecule has 0 spiro atoms. The first-order valence-corrected chi connectivity index (χ1v) is 13.7. The highest BCUT2D eigenvalue weighted by molar-refractivity contribution is 8.15. The smallest absolute Gasteiger partial charge is 0.378 e. The zero-order chi connectivity index (χ0) is 32.7. The summed E-state index contributed by atoms with van der Waals surface area (Å²) >= 11 is 0.752. The fourth-order valence-corrected chi connectivity index (χ4v) is 5.07. The quantitative estimate of drug-likeness (QED) is 0.238. The maximum atomic E-state index is 15.0. The Morgan fingerprint density at radius 1 is 1.00 bits per heavy atom. The number of thioether (sulfide) groups is 1. The van der Waals surface area contributed by atoms with E-state index in [0.717, 1.165) is 42.1 Å². The lowest BCUT2D eigenvalue weighted by Crippen LogP contribution is -2.32. The van der Waals surface area contributed by atoms with Crippen molar-refractivity contribution in [1.29, 1.82) is 0 Å². The fraction of sp³-hybridized carbons (Fsp3) is 0.179. The van der Waals surface area contributed by atoms with Gasteiger partial charge in [0.05, 0.1) is 33.9 Å². The van der Waals surface area contributed by atoms with Crippen LogP contribution < -0.4 is 15.1 Å². The third-order valence-corrected chi connectivity index (χ3v) is 7.36. The van der Waals surface area contributed by atoms with Crippen LogP contribution in [0.5, 0.6) is 0 Å². The van der Waals surface area contributed by atoms with Crippen LogP contribution in [-0.4, -0.2) is 51.5 Å². The van der Waals surface area contributed by atoms with E-state index >= 15 is 0 Å². The summed E-state index contributed by atoms with van der Waals surface area (Å²) in [6.07, 6.45) is -5.99. The molecule has 234 valence electrons. The van der Waals surface area contributed by atoms with Gasteiger partial charge in [-0.25, -0.2) is 19.2 Å². The maximum absolute atomic E-state index is 15.0. The van der Waals surface area contributed by atoms with Gasteiger partial charge < -0.3 is 10.2 Å². The number of benzene rings is 2. The lowest BCUT2D eigenvalue weighted by molar-refractivity contribution is -0.138. The minimum atomic E-state index is -4.81. The topological polar surface area (TPSA) is 95.7 Å². The zero-order valence-corrected chi connectivity index (χ0v) is 23.9. The second-order valence-electron chi connectivity index (χ2n) is 9.70. The molecule has 0 bridgehead atoms. The van der Waals surface area contributed by atoms with Gasteiger partial charge in [0.2, 0.25) is 5.91 Å². The van der Waals surface area contributed by atoms with Crippen molar-refractivity contribution in [1.82, 2.24) is 14.5 Å². The van der Waals surface area contributed by atoms with E-state index in [1.165, 1.54) is 35.3 Å². The molecule has 2 aromatic heterocycles. The molecule has 3 amide bonds. The Labute approximate surface area is 254 Å². The Kier molecular flexibility index (Phi) is 8.31. The Balaban J connectivity index is 1.35. The van der Waals surface area contributed by atoms with Gasteiger partial charge in [-0.1, -0.05) is 17.8 Å². The normalized spacial score (nSPS) is 14.7. The number of hydrogen-bond acceptors (Lipinski definition) is 6. The summed E-state index contributed by atoms with van der Waals surface area (Å²) in [6, 6.07) is 7.74. The predicted octanol–water partition coefficient (Wildman–Crippen LogP) is 6.84. The molecule has 0 atom stereocenters. The lowest BCUT2D eigenvalue weighted by atomic mass is 10.1. The fourth-order valence-electron chi connectivity index (χ4n) is 4.21. The van der Waals surface area contributed by atoms with Crippen molar-refractivity contribution < 1.29 is 40.3 Å². The number of halogens is 7. The second-order valence-corrected chi connectivity index (χ2v) is 10.6.